The van der Waals surface area contributed by atoms with Crippen molar-refractivity contribution in [2.24, 2.45) is 0 Å². The second-order valence-electron chi connectivity index (χ2n) is 4.28. The van der Waals surface area contributed by atoms with Gasteiger partial charge in [-0.15, -0.1) is 11.3 Å². The quantitative estimate of drug-likeness (QED) is 0.771. The topological polar surface area (TPSA) is 83.5 Å². The van der Waals surface area contributed by atoms with Gasteiger partial charge in [-0.25, -0.2) is 13.1 Å². The maximum atomic E-state index is 12.1. The van der Waals surface area contributed by atoms with Crippen molar-refractivity contribution in [2.45, 2.75) is 49.8 Å². The minimum absolute atomic E-state index is 0.195. The summed E-state index contributed by atoms with van der Waals surface area (Å²) in [5.74, 6) is -0.999. The number of carboxylic acids is 1. The summed E-state index contributed by atoms with van der Waals surface area (Å²) < 4.78 is 27.0. The highest BCUT2D eigenvalue weighted by molar-refractivity contribution is 7.91. The van der Waals surface area contributed by atoms with E-state index in [4.69, 9.17) is 5.11 Å². The number of carboxylic acid groups (broad SMARTS) is 1. The van der Waals surface area contributed by atoms with E-state index in [1.54, 1.807) is 12.1 Å². The monoisotopic (exact) mass is 305 g/mol. The van der Waals surface area contributed by atoms with E-state index in [1.165, 1.54) is 11.3 Å². The fourth-order valence-electron chi connectivity index (χ4n) is 1.73. The molecule has 0 aliphatic heterocycles. The number of thiophene rings is 1. The van der Waals surface area contributed by atoms with Crippen LogP contribution in [0.4, 0.5) is 0 Å². The summed E-state index contributed by atoms with van der Waals surface area (Å²) in [7, 11) is -3.61. The Bertz CT molecular complexity index is 522. The standard InChI is InChI=1S/C12H19NO4S2/c1-3-5-9(8-11(14)15)13-19(16,17)12-7-6-10(4-2)18-12/h6-7,9,13H,3-5,8H2,1-2H3,(H,14,15). The van der Waals surface area contributed by atoms with Gasteiger partial charge >= 0.3 is 5.97 Å². The van der Waals surface area contributed by atoms with Crippen LogP contribution >= 0.6 is 11.3 Å². The number of aliphatic carboxylic acids is 1. The van der Waals surface area contributed by atoms with Gasteiger partial charge in [0.25, 0.3) is 0 Å². The average Bonchev–Trinajstić information content (AvgIpc) is 2.77. The minimum Gasteiger partial charge on any atom is -0.481 e. The van der Waals surface area contributed by atoms with E-state index in [9.17, 15) is 13.2 Å². The minimum atomic E-state index is -3.61. The Hall–Kier alpha value is -0.920. The highest BCUT2D eigenvalue weighted by atomic mass is 32.2. The summed E-state index contributed by atoms with van der Waals surface area (Å²) in [5.41, 5.74) is 0. The Morgan fingerprint density at radius 3 is 2.58 bits per heavy atom. The molecule has 0 saturated heterocycles. The van der Waals surface area contributed by atoms with Crippen LogP contribution in [0.15, 0.2) is 16.3 Å². The highest BCUT2D eigenvalue weighted by Gasteiger charge is 2.22. The lowest BCUT2D eigenvalue weighted by Gasteiger charge is -2.15. The van der Waals surface area contributed by atoms with Crippen LogP contribution in [0, 0.1) is 0 Å². The van der Waals surface area contributed by atoms with Gasteiger partial charge in [-0.3, -0.25) is 4.79 Å². The van der Waals surface area contributed by atoms with E-state index in [0.717, 1.165) is 17.7 Å². The normalized spacial score (nSPS) is 13.4. The van der Waals surface area contributed by atoms with Gasteiger partial charge in [0.2, 0.25) is 10.0 Å². The zero-order valence-corrected chi connectivity index (χ0v) is 12.7. The molecule has 1 aromatic rings. The molecule has 1 heterocycles. The number of nitrogens with one attached hydrogen (secondary N) is 1. The molecular formula is C12H19NO4S2. The van der Waals surface area contributed by atoms with Crippen molar-refractivity contribution < 1.29 is 18.3 Å². The summed E-state index contributed by atoms with van der Waals surface area (Å²) in [6.07, 6.45) is 1.83. The number of sulfonamides is 1. The Kier molecular flexibility index (Phi) is 5.96. The van der Waals surface area contributed by atoms with Crippen molar-refractivity contribution in [3.63, 3.8) is 0 Å². The molecule has 1 atom stereocenters. The molecule has 19 heavy (non-hydrogen) atoms. The van der Waals surface area contributed by atoms with E-state index in [0.29, 0.717) is 6.42 Å². The molecule has 0 radical (unpaired) electrons. The molecule has 0 aromatic carbocycles. The van der Waals surface area contributed by atoms with Gasteiger partial charge < -0.3 is 5.11 Å². The first kappa shape index (κ1) is 16.1. The van der Waals surface area contributed by atoms with Gasteiger partial charge in [0.15, 0.2) is 0 Å². The van der Waals surface area contributed by atoms with Crippen molar-refractivity contribution in [1.82, 2.24) is 4.72 Å². The van der Waals surface area contributed by atoms with Crippen LogP contribution in [0.1, 0.15) is 38.0 Å². The van der Waals surface area contributed by atoms with Crippen LogP contribution in [0.5, 0.6) is 0 Å². The van der Waals surface area contributed by atoms with Crippen molar-refractivity contribution in [1.29, 1.82) is 0 Å². The van der Waals surface area contributed by atoms with Crippen LogP contribution < -0.4 is 4.72 Å². The molecule has 0 aliphatic carbocycles. The number of aryl methyl sites for hydroxylation is 1. The lowest BCUT2D eigenvalue weighted by atomic mass is 10.1. The summed E-state index contributed by atoms with van der Waals surface area (Å²) in [4.78, 5) is 11.7. The average molecular weight is 305 g/mol. The molecule has 1 unspecified atom stereocenters. The van der Waals surface area contributed by atoms with E-state index in [1.807, 2.05) is 13.8 Å². The number of hydrogen-bond acceptors (Lipinski definition) is 4. The molecule has 108 valence electrons. The molecule has 0 fully saturated rings. The molecule has 7 heteroatoms. The molecule has 0 saturated carbocycles. The largest absolute Gasteiger partial charge is 0.481 e. The molecule has 1 rings (SSSR count). The van der Waals surface area contributed by atoms with Crippen molar-refractivity contribution in [2.75, 3.05) is 0 Å². The highest BCUT2D eigenvalue weighted by Crippen LogP contribution is 2.22. The molecule has 5 nitrogen and oxygen atoms in total. The number of rotatable bonds is 8. The molecule has 0 spiro atoms. The summed E-state index contributed by atoms with van der Waals surface area (Å²) in [6.45, 7) is 3.85. The Labute approximate surface area is 117 Å². The number of hydrogen-bond donors (Lipinski definition) is 2. The first-order valence-electron chi connectivity index (χ1n) is 6.21. The van der Waals surface area contributed by atoms with Gasteiger partial charge in [0, 0.05) is 10.9 Å². The van der Waals surface area contributed by atoms with E-state index in [2.05, 4.69) is 4.72 Å². The van der Waals surface area contributed by atoms with Gasteiger partial charge in [-0.2, -0.15) is 0 Å². The third-order valence-corrected chi connectivity index (χ3v) is 5.87. The number of carbonyl (C=O) groups is 1. The SMILES string of the molecule is CCCC(CC(=O)O)NS(=O)(=O)c1ccc(CC)s1. The summed E-state index contributed by atoms with van der Waals surface area (Å²) in [6, 6.07) is 2.79. The van der Waals surface area contributed by atoms with Gasteiger partial charge in [0.05, 0.1) is 6.42 Å². The third kappa shape index (κ3) is 4.93. The molecule has 0 aliphatic rings. The van der Waals surface area contributed by atoms with E-state index >= 15 is 0 Å². The first-order chi connectivity index (χ1) is 8.89. The predicted octanol–water partition coefficient (Wildman–Crippen LogP) is 2.23. The van der Waals surface area contributed by atoms with Crippen molar-refractivity contribution in [3.05, 3.63) is 17.0 Å². The predicted molar refractivity (Wildman–Crippen MR) is 75.0 cm³/mol. The van der Waals surface area contributed by atoms with E-state index < -0.39 is 22.0 Å². The lowest BCUT2D eigenvalue weighted by Crippen LogP contribution is -2.36. The maximum Gasteiger partial charge on any atom is 0.304 e. The molecule has 0 amide bonds. The fourth-order valence-corrected chi connectivity index (χ4v) is 4.31. The Morgan fingerprint density at radius 2 is 2.11 bits per heavy atom. The van der Waals surface area contributed by atoms with Gasteiger partial charge in [-0.05, 0) is 25.0 Å². The van der Waals surface area contributed by atoms with Crippen LogP contribution in [0.25, 0.3) is 0 Å². The van der Waals surface area contributed by atoms with E-state index in [-0.39, 0.29) is 10.6 Å². The molecule has 0 bridgehead atoms. The van der Waals surface area contributed by atoms with Crippen molar-refractivity contribution >= 4 is 27.3 Å². The van der Waals surface area contributed by atoms with Gasteiger partial charge in [0.1, 0.15) is 4.21 Å². The van der Waals surface area contributed by atoms with Crippen LogP contribution in [-0.4, -0.2) is 25.5 Å². The molecule has 1 aromatic heterocycles. The maximum absolute atomic E-state index is 12.1. The Balaban J connectivity index is 2.83. The molecule has 2 N–H and O–H groups in total. The summed E-state index contributed by atoms with van der Waals surface area (Å²) >= 11 is 1.22. The van der Waals surface area contributed by atoms with Gasteiger partial charge in [-0.1, -0.05) is 20.3 Å². The first-order valence-corrected chi connectivity index (χ1v) is 8.51. The van der Waals surface area contributed by atoms with Crippen LogP contribution in [-0.2, 0) is 21.2 Å². The third-order valence-electron chi connectivity index (χ3n) is 2.63. The second-order valence-corrected chi connectivity index (χ2v) is 7.39. The lowest BCUT2D eigenvalue weighted by molar-refractivity contribution is -0.137. The molecular weight excluding hydrogens is 286 g/mol. The van der Waals surface area contributed by atoms with Crippen LogP contribution in [0.2, 0.25) is 0 Å². The second kappa shape index (κ2) is 7.02. The fraction of sp³-hybridized carbons (Fsp3) is 0.583. The van der Waals surface area contributed by atoms with Crippen molar-refractivity contribution in [3.8, 4) is 0 Å². The zero-order chi connectivity index (χ0) is 14.5. The van der Waals surface area contributed by atoms with Crippen LogP contribution in [0.3, 0.4) is 0 Å². The Morgan fingerprint density at radius 1 is 1.42 bits per heavy atom. The summed E-state index contributed by atoms with van der Waals surface area (Å²) in [5, 5.41) is 8.79. The smallest absolute Gasteiger partial charge is 0.304 e. The zero-order valence-electron chi connectivity index (χ0n) is 11.0.